The second kappa shape index (κ2) is 5.55. The van der Waals surface area contributed by atoms with Crippen LogP contribution in [0.2, 0.25) is 0 Å². The number of rotatable bonds is 2. The van der Waals surface area contributed by atoms with E-state index in [1.165, 1.54) is 19.3 Å². The van der Waals surface area contributed by atoms with Crippen LogP contribution in [0, 0.1) is 11.8 Å². The summed E-state index contributed by atoms with van der Waals surface area (Å²) in [7, 11) is 0. The predicted molar refractivity (Wildman–Crippen MR) is 52.4 cm³/mol. The van der Waals surface area contributed by atoms with Crippen molar-refractivity contribution in [1.29, 1.82) is 0 Å². The molecule has 2 unspecified atom stereocenters. The molecule has 12 heavy (non-hydrogen) atoms. The Hall–Kier alpha value is -0.0800. The first kappa shape index (κ1) is 11.9. The summed E-state index contributed by atoms with van der Waals surface area (Å²) in [6.07, 6.45) is 4.77. The fraction of sp³-hybridized carbons (Fsp3) is 0.889. The molecule has 0 saturated heterocycles. The molecule has 0 heterocycles. The number of ketones is 1. The highest BCUT2D eigenvalue weighted by Gasteiger charge is 2.26. The number of carbonyl (C=O) groups is 1. The van der Waals surface area contributed by atoms with E-state index in [9.17, 15) is 4.79 Å². The van der Waals surface area contributed by atoms with Crippen LogP contribution in [0.15, 0.2) is 0 Å². The van der Waals surface area contributed by atoms with Crippen molar-refractivity contribution in [2.45, 2.75) is 32.6 Å². The molecule has 2 nitrogen and oxygen atoms in total. The first-order chi connectivity index (χ1) is 5.25. The summed E-state index contributed by atoms with van der Waals surface area (Å²) >= 11 is 0. The number of hydrogen-bond donors (Lipinski definition) is 1. The molecule has 1 fully saturated rings. The average molecular weight is 192 g/mol. The standard InChI is InChI=1S/C9H17NO.ClH/c1-7-4-2-3-5-8(7)9(11)6-10;/h7-8H,2-6,10H2,1H3;1H. The molecule has 1 saturated carbocycles. The molecule has 0 aliphatic heterocycles. The molecule has 0 aromatic carbocycles. The van der Waals surface area contributed by atoms with Gasteiger partial charge in [0.15, 0.2) is 0 Å². The van der Waals surface area contributed by atoms with Crippen LogP contribution in [0.25, 0.3) is 0 Å². The van der Waals surface area contributed by atoms with Crippen LogP contribution >= 0.6 is 12.4 Å². The van der Waals surface area contributed by atoms with Gasteiger partial charge in [-0.15, -0.1) is 12.4 Å². The van der Waals surface area contributed by atoms with E-state index in [4.69, 9.17) is 5.73 Å². The van der Waals surface area contributed by atoms with Gasteiger partial charge in [-0.1, -0.05) is 26.2 Å². The van der Waals surface area contributed by atoms with Gasteiger partial charge in [-0.2, -0.15) is 0 Å². The van der Waals surface area contributed by atoms with Crippen LogP contribution in [0.4, 0.5) is 0 Å². The van der Waals surface area contributed by atoms with Crippen LogP contribution in [0.5, 0.6) is 0 Å². The van der Waals surface area contributed by atoms with Gasteiger partial charge in [-0.05, 0) is 12.3 Å². The summed E-state index contributed by atoms with van der Waals surface area (Å²) < 4.78 is 0. The molecule has 0 amide bonds. The highest BCUT2D eigenvalue weighted by atomic mass is 35.5. The molecule has 1 aliphatic carbocycles. The fourth-order valence-electron chi connectivity index (χ4n) is 1.95. The number of Topliss-reactive ketones (excluding diaryl/α,β-unsaturated/α-hetero) is 1. The van der Waals surface area contributed by atoms with Crippen molar-refractivity contribution in [3.05, 3.63) is 0 Å². The highest BCUT2D eigenvalue weighted by Crippen LogP contribution is 2.29. The lowest BCUT2D eigenvalue weighted by atomic mass is 9.78. The Morgan fingerprint density at radius 1 is 1.42 bits per heavy atom. The first-order valence-electron chi connectivity index (χ1n) is 4.48. The Morgan fingerprint density at radius 2 is 2.00 bits per heavy atom. The van der Waals surface area contributed by atoms with E-state index in [1.54, 1.807) is 0 Å². The smallest absolute Gasteiger partial charge is 0.149 e. The summed E-state index contributed by atoms with van der Waals surface area (Å²) in [5.41, 5.74) is 5.32. The molecule has 0 aromatic rings. The molecule has 0 aromatic heterocycles. The van der Waals surface area contributed by atoms with Crippen molar-refractivity contribution in [3.8, 4) is 0 Å². The average Bonchev–Trinajstić information content (AvgIpc) is 2.04. The van der Waals surface area contributed by atoms with Crippen LogP contribution < -0.4 is 5.73 Å². The molecule has 1 aliphatic rings. The maximum atomic E-state index is 11.3. The van der Waals surface area contributed by atoms with Crippen molar-refractivity contribution in [1.82, 2.24) is 0 Å². The van der Waals surface area contributed by atoms with Gasteiger partial charge < -0.3 is 5.73 Å². The van der Waals surface area contributed by atoms with Gasteiger partial charge >= 0.3 is 0 Å². The molecular weight excluding hydrogens is 174 g/mol. The summed E-state index contributed by atoms with van der Waals surface area (Å²) in [6.45, 7) is 2.40. The zero-order chi connectivity index (χ0) is 8.27. The number of halogens is 1. The molecule has 2 N–H and O–H groups in total. The second-order valence-electron chi connectivity index (χ2n) is 3.54. The third kappa shape index (κ3) is 2.76. The zero-order valence-corrected chi connectivity index (χ0v) is 8.40. The van der Waals surface area contributed by atoms with Crippen LogP contribution in [0.1, 0.15) is 32.6 Å². The largest absolute Gasteiger partial charge is 0.324 e. The summed E-state index contributed by atoms with van der Waals surface area (Å²) in [5.74, 6) is 1.10. The summed E-state index contributed by atoms with van der Waals surface area (Å²) in [6, 6.07) is 0. The van der Waals surface area contributed by atoms with Crippen LogP contribution in [-0.4, -0.2) is 12.3 Å². The van der Waals surface area contributed by atoms with E-state index in [1.807, 2.05) is 0 Å². The van der Waals surface area contributed by atoms with Crippen molar-refractivity contribution in [2.75, 3.05) is 6.54 Å². The third-order valence-corrected chi connectivity index (χ3v) is 2.73. The van der Waals surface area contributed by atoms with Crippen LogP contribution in [0.3, 0.4) is 0 Å². The van der Waals surface area contributed by atoms with Gasteiger partial charge in [0.2, 0.25) is 0 Å². The lowest BCUT2D eigenvalue weighted by Gasteiger charge is -2.26. The SMILES string of the molecule is CC1CCCCC1C(=O)CN.Cl. The van der Waals surface area contributed by atoms with Gasteiger partial charge in [0.25, 0.3) is 0 Å². The van der Waals surface area contributed by atoms with Gasteiger partial charge in [0.1, 0.15) is 5.78 Å². The van der Waals surface area contributed by atoms with E-state index in [2.05, 4.69) is 6.92 Å². The summed E-state index contributed by atoms with van der Waals surface area (Å²) in [5, 5.41) is 0. The Balaban J connectivity index is 0.00000121. The molecule has 1 rings (SSSR count). The number of hydrogen-bond acceptors (Lipinski definition) is 2. The summed E-state index contributed by atoms with van der Waals surface area (Å²) in [4.78, 5) is 11.3. The molecule has 2 atom stereocenters. The Labute approximate surface area is 80.3 Å². The molecule has 0 spiro atoms. The molecule has 0 bridgehead atoms. The maximum absolute atomic E-state index is 11.3. The third-order valence-electron chi connectivity index (χ3n) is 2.73. The zero-order valence-electron chi connectivity index (χ0n) is 7.58. The minimum atomic E-state index is 0. The van der Waals surface area contributed by atoms with Crippen molar-refractivity contribution in [2.24, 2.45) is 17.6 Å². The van der Waals surface area contributed by atoms with E-state index in [-0.39, 0.29) is 30.7 Å². The monoisotopic (exact) mass is 191 g/mol. The minimum absolute atomic E-state index is 0. The quantitative estimate of drug-likeness (QED) is 0.723. The van der Waals surface area contributed by atoms with E-state index >= 15 is 0 Å². The Bertz CT molecular complexity index is 149. The van der Waals surface area contributed by atoms with Gasteiger partial charge in [-0.25, -0.2) is 0 Å². The predicted octanol–water partition coefficient (Wildman–Crippen LogP) is 1.76. The minimum Gasteiger partial charge on any atom is -0.324 e. The molecule has 3 heteroatoms. The van der Waals surface area contributed by atoms with Crippen LogP contribution in [-0.2, 0) is 4.79 Å². The lowest BCUT2D eigenvalue weighted by Crippen LogP contribution is -2.30. The Morgan fingerprint density at radius 3 is 2.50 bits per heavy atom. The molecule has 0 radical (unpaired) electrons. The normalized spacial score (nSPS) is 29.2. The van der Waals surface area contributed by atoms with Gasteiger partial charge in [0.05, 0.1) is 6.54 Å². The topological polar surface area (TPSA) is 43.1 Å². The second-order valence-corrected chi connectivity index (χ2v) is 3.54. The lowest BCUT2D eigenvalue weighted by molar-refractivity contribution is -0.123. The Kier molecular flexibility index (Phi) is 5.51. The fourth-order valence-corrected chi connectivity index (χ4v) is 1.95. The number of nitrogens with two attached hydrogens (primary N) is 1. The van der Waals surface area contributed by atoms with Gasteiger partial charge in [0, 0.05) is 5.92 Å². The molecule has 72 valence electrons. The number of carbonyl (C=O) groups excluding carboxylic acids is 1. The van der Waals surface area contributed by atoms with Gasteiger partial charge in [-0.3, -0.25) is 4.79 Å². The van der Waals surface area contributed by atoms with Crippen molar-refractivity contribution >= 4 is 18.2 Å². The van der Waals surface area contributed by atoms with Crippen molar-refractivity contribution < 1.29 is 4.79 Å². The maximum Gasteiger partial charge on any atom is 0.149 e. The highest BCUT2D eigenvalue weighted by molar-refractivity contribution is 5.85. The van der Waals surface area contributed by atoms with E-state index < -0.39 is 0 Å². The van der Waals surface area contributed by atoms with Crippen molar-refractivity contribution in [3.63, 3.8) is 0 Å². The van der Waals surface area contributed by atoms with E-state index in [0.717, 1.165) is 6.42 Å². The molecular formula is C9H18ClNO. The van der Waals surface area contributed by atoms with E-state index in [0.29, 0.717) is 5.92 Å². The first-order valence-corrected chi connectivity index (χ1v) is 4.48.